The molecule has 1 saturated heterocycles. The van der Waals surface area contributed by atoms with Crippen molar-refractivity contribution in [2.24, 2.45) is 11.1 Å². The molecule has 1 fully saturated rings. The SMILES string of the molecule is CC(C)(CN)CCCN1CCS(=O)(=O)CC1. The summed E-state index contributed by atoms with van der Waals surface area (Å²) in [6, 6.07) is 0. The van der Waals surface area contributed by atoms with Gasteiger partial charge >= 0.3 is 0 Å². The van der Waals surface area contributed by atoms with E-state index in [-0.39, 0.29) is 5.41 Å². The Morgan fingerprint density at radius 2 is 1.81 bits per heavy atom. The molecule has 0 aliphatic carbocycles. The molecule has 0 radical (unpaired) electrons. The van der Waals surface area contributed by atoms with Crippen LogP contribution in [0.1, 0.15) is 26.7 Å². The molecule has 0 amide bonds. The minimum atomic E-state index is -2.74. The fourth-order valence-electron chi connectivity index (χ4n) is 1.86. The quantitative estimate of drug-likeness (QED) is 0.769. The normalized spacial score (nSPS) is 22.2. The summed E-state index contributed by atoms with van der Waals surface area (Å²) in [5, 5.41) is 0. The lowest BCUT2D eigenvalue weighted by molar-refractivity contribution is 0.257. The van der Waals surface area contributed by atoms with E-state index in [0.29, 0.717) is 31.1 Å². The molecule has 0 spiro atoms. The highest BCUT2D eigenvalue weighted by Gasteiger charge is 2.22. The molecule has 2 N–H and O–H groups in total. The van der Waals surface area contributed by atoms with Crippen LogP contribution in [0.25, 0.3) is 0 Å². The zero-order valence-electron chi connectivity index (χ0n) is 10.4. The zero-order valence-corrected chi connectivity index (χ0v) is 11.2. The molecule has 4 nitrogen and oxygen atoms in total. The summed E-state index contributed by atoms with van der Waals surface area (Å²) in [4.78, 5) is 2.24. The van der Waals surface area contributed by atoms with Crippen LogP contribution in [0.3, 0.4) is 0 Å². The molecule has 0 atom stereocenters. The monoisotopic (exact) mass is 248 g/mol. The van der Waals surface area contributed by atoms with Gasteiger partial charge in [-0.25, -0.2) is 8.42 Å². The second-order valence-electron chi connectivity index (χ2n) is 5.47. The summed E-state index contributed by atoms with van der Waals surface area (Å²) in [5.74, 6) is 0.653. The van der Waals surface area contributed by atoms with Crippen LogP contribution >= 0.6 is 0 Å². The van der Waals surface area contributed by atoms with E-state index in [2.05, 4.69) is 18.7 Å². The molecule has 0 aromatic rings. The number of hydrogen-bond donors (Lipinski definition) is 1. The van der Waals surface area contributed by atoms with Crippen LogP contribution in [0.15, 0.2) is 0 Å². The Morgan fingerprint density at radius 3 is 2.31 bits per heavy atom. The van der Waals surface area contributed by atoms with E-state index in [9.17, 15) is 8.42 Å². The van der Waals surface area contributed by atoms with Crippen LogP contribution in [0, 0.1) is 5.41 Å². The van der Waals surface area contributed by atoms with Crippen molar-refractivity contribution in [2.45, 2.75) is 26.7 Å². The Balaban J connectivity index is 2.21. The molecule has 0 unspecified atom stereocenters. The van der Waals surface area contributed by atoms with Crippen molar-refractivity contribution < 1.29 is 8.42 Å². The molecule has 1 aliphatic rings. The molecule has 0 saturated carbocycles. The average molecular weight is 248 g/mol. The van der Waals surface area contributed by atoms with Crippen LogP contribution in [-0.2, 0) is 9.84 Å². The van der Waals surface area contributed by atoms with Crippen LogP contribution in [0.4, 0.5) is 0 Å². The highest BCUT2D eigenvalue weighted by molar-refractivity contribution is 7.91. The summed E-state index contributed by atoms with van der Waals surface area (Å²) in [6.07, 6.45) is 2.21. The third-order valence-electron chi connectivity index (χ3n) is 3.32. The van der Waals surface area contributed by atoms with Crippen LogP contribution < -0.4 is 5.73 Å². The smallest absolute Gasteiger partial charge is 0.152 e. The third-order valence-corrected chi connectivity index (χ3v) is 4.93. The molecule has 1 heterocycles. The van der Waals surface area contributed by atoms with E-state index < -0.39 is 9.84 Å². The molecule has 0 aromatic heterocycles. The first-order valence-electron chi connectivity index (χ1n) is 5.97. The lowest BCUT2D eigenvalue weighted by atomic mass is 9.88. The second-order valence-corrected chi connectivity index (χ2v) is 7.77. The van der Waals surface area contributed by atoms with Gasteiger partial charge in [0.25, 0.3) is 0 Å². The average Bonchev–Trinajstić information content (AvgIpc) is 2.20. The maximum absolute atomic E-state index is 11.2. The maximum Gasteiger partial charge on any atom is 0.152 e. The van der Waals surface area contributed by atoms with Crippen molar-refractivity contribution in [3.63, 3.8) is 0 Å². The minimum Gasteiger partial charge on any atom is -0.330 e. The lowest BCUT2D eigenvalue weighted by Gasteiger charge is -2.28. The predicted octanol–water partition coefficient (Wildman–Crippen LogP) is 0.482. The van der Waals surface area contributed by atoms with Gasteiger partial charge < -0.3 is 10.6 Å². The van der Waals surface area contributed by atoms with Gasteiger partial charge in [0.05, 0.1) is 11.5 Å². The molecule has 0 aromatic carbocycles. The summed E-state index contributed by atoms with van der Waals surface area (Å²) in [6.45, 7) is 7.46. The van der Waals surface area contributed by atoms with Gasteiger partial charge in [0, 0.05) is 13.1 Å². The Kier molecular flexibility index (Phi) is 4.76. The molecule has 1 aliphatic heterocycles. The zero-order chi connectivity index (χ0) is 12.2. The Morgan fingerprint density at radius 1 is 1.25 bits per heavy atom. The van der Waals surface area contributed by atoms with Crippen molar-refractivity contribution in [3.8, 4) is 0 Å². The topological polar surface area (TPSA) is 63.4 Å². The number of nitrogens with zero attached hydrogens (tertiary/aromatic N) is 1. The highest BCUT2D eigenvalue weighted by Crippen LogP contribution is 2.20. The summed E-state index contributed by atoms with van der Waals surface area (Å²) in [7, 11) is -2.74. The van der Waals surface area contributed by atoms with Crippen molar-refractivity contribution in [3.05, 3.63) is 0 Å². The third kappa shape index (κ3) is 4.80. The van der Waals surface area contributed by atoms with E-state index in [1.165, 1.54) is 0 Å². The van der Waals surface area contributed by atoms with E-state index >= 15 is 0 Å². The van der Waals surface area contributed by atoms with Crippen molar-refractivity contribution in [1.82, 2.24) is 4.90 Å². The lowest BCUT2D eigenvalue weighted by Crippen LogP contribution is -2.41. The maximum atomic E-state index is 11.2. The van der Waals surface area contributed by atoms with Crippen molar-refractivity contribution >= 4 is 9.84 Å². The highest BCUT2D eigenvalue weighted by atomic mass is 32.2. The van der Waals surface area contributed by atoms with Crippen molar-refractivity contribution in [1.29, 1.82) is 0 Å². The molecule has 96 valence electrons. The van der Waals surface area contributed by atoms with Gasteiger partial charge in [0.15, 0.2) is 9.84 Å². The molecule has 5 heteroatoms. The van der Waals surface area contributed by atoms with Gasteiger partial charge in [0.1, 0.15) is 0 Å². The summed E-state index contributed by atoms with van der Waals surface area (Å²) < 4.78 is 22.5. The van der Waals surface area contributed by atoms with Gasteiger partial charge in [-0.2, -0.15) is 0 Å². The first-order chi connectivity index (χ1) is 7.35. The Hall–Kier alpha value is -0.130. The fraction of sp³-hybridized carbons (Fsp3) is 1.00. The predicted molar refractivity (Wildman–Crippen MR) is 67.2 cm³/mol. The van der Waals surface area contributed by atoms with Gasteiger partial charge in [-0.3, -0.25) is 0 Å². The van der Waals surface area contributed by atoms with E-state index in [1.54, 1.807) is 0 Å². The molecule has 1 rings (SSSR count). The van der Waals surface area contributed by atoms with Crippen LogP contribution in [0.2, 0.25) is 0 Å². The standard InChI is InChI=1S/C11H24N2O2S/c1-11(2,10-12)4-3-5-13-6-8-16(14,15)9-7-13/h3-10,12H2,1-2H3. The van der Waals surface area contributed by atoms with Gasteiger partial charge in [-0.05, 0) is 31.3 Å². The number of nitrogens with two attached hydrogens (primary N) is 1. The number of sulfone groups is 1. The van der Waals surface area contributed by atoms with E-state index in [4.69, 9.17) is 5.73 Å². The second kappa shape index (κ2) is 5.47. The van der Waals surface area contributed by atoms with Crippen molar-refractivity contribution in [2.75, 3.05) is 37.7 Å². The number of rotatable bonds is 5. The largest absolute Gasteiger partial charge is 0.330 e. The fourth-order valence-corrected chi connectivity index (χ4v) is 3.13. The Bertz CT molecular complexity index is 298. The van der Waals surface area contributed by atoms with Crippen LogP contribution in [-0.4, -0.2) is 51.0 Å². The van der Waals surface area contributed by atoms with Crippen LogP contribution in [0.5, 0.6) is 0 Å². The molecule has 16 heavy (non-hydrogen) atoms. The summed E-state index contributed by atoms with van der Waals surface area (Å²) in [5.41, 5.74) is 5.88. The Labute approximate surface area is 99.1 Å². The van der Waals surface area contributed by atoms with Gasteiger partial charge in [0.2, 0.25) is 0 Å². The molecular formula is C11H24N2O2S. The molecule has 0 bridgehead atoms. The molecular weight excluding hydrogens is 224 g/mol. The summed E-state index contributed by atoms with van der Waals surface area (Å²) >= 11 is 0. The first kappa shape index (κ1) is 13.9. The first-order valence-corrected chi connectivity index (χ1v) is 7.80. The number of hydrogen-bond acceptors (Lipinski definition) is 4. The van der Waals surface area contributed by atoms with E-state index in [1.807, 2.05) is 0 Å². The minimum absolute atomic E-state index is 0.210. The van der Waals surface area contributed by atoms with Gasteiger partial charge in [-0.15, -0.1) is 0 Å². The van der Waals surface area contributed by atoms with E-state index in [0.717, 1.165) is 19.4 Å². The van der Waals surface area contributed by atoms with Gasteiger partial charge in [-0.1, -0.05) is 13.8 Å².